The van der Waals surface area contributed by atoms with Gasteiger partial charge in [-0.25, -0.2) is 0 Å². The Morgan fingerprint density at radius 1 is 1.05 bits per heavy atom. The van der Waals surface area contributed by atoms with Crippen molar-refractivity contribution in [1.82, 2.24) is 14.9 Å². The number of likely N-dealkylation sites (tertiary alicyclic amines) is 1. The number of aromatic nitrogens is 2. The van der Waals surface area contributed by atoms with Gasteiger partial charge >= 0.3 is 6.36 Å². The summed E-state index contributed by atoms with van der Waals surface area (Å²) >= 11 is 0. The molecular formula is C31H29F3N4O2. The first-order chi connectivity index (χ1) is 19.3. The lowest BCUT2D eigenvalue weighted by molar-refractivity contribution is -0.274. The fourth-order valence-corrected chi connectivity index (χ4v) is 5.21. The zero-order valence-electron chi connectivity index (χ0n) is 22.0. The Kier molecular flexibility index (Phi) is 8.11. The van der Waals surface area contributed by atoms with E-state index in [1.165, 1.54) is 17.7 Å². The van der Waals surface area contributed by atoms with Gasteiger partial charge in [0, 0.05) is 37.1 Å². The summed E-state index contributed by atoms with van der Waals surface area (Å²) in [6.07, 6.45) is 2.26. The molecule has 1 fully saturated rings. The Bertz CT molecular complexity index is 1450. The van der Waals surface area contributed by atoms with Crippen LogP contribution in [-0.4, -0.2) is 40.2 Å². The average molecular weight is 547 g/mol. The minimum Gasteiger partial charge on any atom is -0.405 e. The van der Waals surface area contributed by atoms with Gasteiger partial charge in [0.25, 0.3) is 5.91 Å². The number of amides is 1. The molecule has 40 heavy (non-hydrogen) atoms. The van der Waals surface area contributed by atoms with Crippen LogP contribution in [-0.2, 0) is 6.54 Å². The molecule has 4 aromatic rings. The largest absolute Gasteiger partial charge is 0.573 e. The molecule has 2 aromatic carbocycles. The van der Waals surface area contributed by atoms with Gasteiger partial charge in [0.2, 0.25) is 0 Å². The first-order valence-electron chi connectivity index (χ1n) is 13.1. The molecular weight excluding hydrogens is 517 g/mol. The number of hydrogen-bond acceptors (Lipinski definition) is 5. The average Bonchev–Trinajstić information content (AvgIpc) is 2.94. The van der Waals surface area contributed by atoms with Crippen molar-refractivity contribution < 1.29 is 22.7 Å². The van der Waals surface area contributed by atoms with Crippen molar-refractivity contribution >= 4 is 11.6 Å². The number of nitrogens with zero attached hydrogens (tertiary/aromatic N) is 3. The molecule has 1 aliphatic rings. The third-order valence-electron chi connectivity index (χ3n) is 7.09. The molecule has 1 unspecified atom stereocenters. The highest BCUT2D eigenvalue weighted by Gasteiger charge is 2.34. The fourth-order valence-electron chi connectivity index (χ4n) is 5.21. The van der Waals surface area contributed by atoms with Crippen LogP contribution in [0.2, 0.25) is 0 Å². The number of carbonyl (C=O) groups excluding carboxylic acids is 1. The normalized spacial score (nSPS) is 15.9. The number of pyridine rings is 2. The van der Waals surface area contributed by atoms with Crippen LogP contribution in [0.1, 0.15) is 45.9 Å². The van der Waals surface area contributed by atoms with Gasteiger partial charge in [0.15, 0.2) is 0 Å². The molecule has 1 aliphatic heterocycles. The second kappa shape index (κ2) is 11.9. The van der Waals surface area contributed by atoms with Crippen LogP contribution >= 0.6 is 0 Å². The van der Waals surface area contributed by atoms with Gasteiger partial charge in [-0.15, -0.1) is 13.2 Å². The number of nitrogens with one attached hydrogen (secondary N) is 1. The molecule has 6 nitrogen and oxygen atoms in total. The molecule has 9 heteroatoms. The lowest BCUT2D eigenvalue weighted by atomic mass is 9.94. The summed E-state index contributed by atoms with van der Waals surface area (Å²) in [6, 6.07) is 19.5. The molecule has 0 saturated carbocycles. The molecule has 1 amide bonds. The highest BCUT2D eigenvalue weighted by molar-refractivity contribution is 6.08. The van der Waals surface area contributed by atoms with Crippen molar-refractivity contribution in [2.45, 2.75) is 38.6 Å². The smallest absolute Gasteiger partial charge is 0.405 e. The molecule has 5 rings (SSSR count). The van der Waals surface area contributed by atoms with E-state index < -0.39 is 18.0 Å². The summed E-state index contributed by atoms with van der Waals surface area (Å²) in [7, 11) is 0. The lowest BCUT2D eigenvalue weighted by Crippen LogP contribution is -2.34. The number of hydrogen-bond donors (Lipinski definition) is 1. The third kappa shape index (κ3) is 6.66. The van der Waals surface area contributed by atoms with Crippen molar-refractivity contribution in [3.8, 4) is 16.9 Å². The first kappa shape index (κ1) is 27.3. The van der Waals surface area contributed by atoms with E-state index in [1.807, 2.05) is 48.5 Å². The van der Waals surface area contributed by atoms with E-state index in [-0.39, 0.29) is 11.5 Å². The van der Waals surface area contributed by atoms with E-state index >= 15 is 0 Å². The van der Waals surface area contributed by atoms with E-state index in [0.717, 1.165) is 43.7 Å². The number of alkyl halides is 3. The summed E-state index contributed by atoms with van der Waals surface area (Å²) in [5.41, 5.74) is 4.14. The maximum Gasteiger partial charge on any atom is 0.573 e. The van der Waals surface area contributed by atoms with E-state index in [1.54, 1.807) is 31.6 Å². The topological polar surface area (TPSA) is 67.3 Å². The molecule has 0 aliphatic carbocycles. The number of anilines is 1. The predicted octanol–water partition coefficient (Wildman–Crippen LogP) is 6.98. The van der Waals surface area contributed by atoms with Crippen LogP contribution in [0.5, 0.6) is 5.75 Å². The number of rotatable bonds is 7. The van der Waals surface area contributed by atoms with Crippen LogP contribution in [0.3, 0.4) is 0 Å². The van der Waals surface area contributed by atoms with Crippen molar-refractivity contribution in [3.05, 3.63) is 108 Å². The molecule has 0 bridgehead atoms. The van der Waals surface area contributed by atoms with Crippen molar-refractivity contribution in [2.24, 2.45) is 0 Å². The third-order valence-corrected chi connectivity index (χ3v) is 7.09. The van der Waals surface area contributed by atoms with Crippen molar-refractivity contribution in [3.63, 3.8) is 0 Å². The Morgan fingerprint density at radius 2 is 1.82 bits per heavy atom. The van der Waals surface area contributed by atoms with Gasteiger partial charge in [-0.3, -0.25) is 19.7 Å². The van der Waals surface area contributed by atoms with E-state index in [2.05, 4.69) is 24.9 Å². The zero-order chi connectivity index (χ0) is 28.1. The summed E-state index contributed by atoms with van der Waals surface area (Å²) in [5, 5.41) is 2.71. The molecule has 0 radical (unpaired) electrons. The molecule has 1 N–H and O–H groups in total. The minimum atomic E-state index is -4.94. The second-order valence-electron chi connectivity index (χ2n) is 9.88. The Labute approximate surface area is 230 Å². The zero-order valence-corrected chi connectivity index (χ0v) is 22.0. The first-order valence-corrected chi connectivity index (χ1v) is 13.1. The maximum absolute atomic E-state index is 13.3. The quantitative estimate of drug-likeness (QED) is 0.271. The van der Waals surface area contributed by atoms with Crippen molar-refractivity contribution in [2.75, 3.05) is 18.4 Å². The monoisotopic (exact) mass is 546 g/mol. The number of ether oxygens (including phenoxy) is 1. The van der Waals surface area contributed by atoms with Crippen LogP contribution in [0.4, 0.5) is 18.9 Å². The molecule has 2 aromatic heterocycles. The van der Waals surface area contributed by atoms with Crippen LogP contribution in [0.25, 0.3) is 11.1 Å². The van der Waals surface area contributed by atoms with Crippen LogP contribution in [0.15, 0.2) is 85.3 Å². The molecule has 0 spiro atoms. The van der Waals surface area contributed by atoms with E-state index in [4.69, 9.17) is 0 Å². The molecule has 3 heterocycles. The number of carbonyl (C=O) groups is 1. The van der Waals surface area contributed by atoms with Gasteiger partial charge < -0.3 is 10.1 Å². The number of piperidine rings is 1. The van der Waals surface area contributed by atoms with Crippen molar-refractivity contribution in [1.29, 1.82) is 0 Å². The maximum atomic E-state index is 13.3. The van der Waals surface area contributed by atoms with Gasteiger partial charge in [-0.05, 0) is 78.9 Å². The summed E-state index contributed by atoms with van der Waals surface area (Å²) < 4.78 is 43.7. The van der Waals surface area contributed by atoms with Gasteiger partial charge in [-0.2, -0.15) is 0 Å². The lowest BCUT2D eigenvalue weighted by Gasteiger charge is -2.32. The van der Waals surface area contributed by atoms with E-state index in [0.29, 0.717) is 16.8 Å². The molecule has 1 atom stereocenters. The number of benzene rings is 2. The highest BCUT2D eigenvalue weighted by Crippen LogP contribution is 2.35. The summed E-state index contributed by atoms with van der Waals surface area (Å²) in [4.78, 5) is 24.4. The highest BCUT2D eigenvalue weighted by atomic mass is 19.4. The predicted molar refractivity (Wildman–Crippen MR) is 147 cm³/mol. The SMILES string of the molecule is Cc1c(-c2ccccc2)ccc(OC(F)(F)F)c1C(=O)Nc1ccc(C2CCCN(Cc3ccncc3)C2)nc1. The molecule has 206 valence electrons. The van der Waals surface area contributed by atoms with Gasteiger partial charge in [0.1, 0.15) is 5.75 Å². The van der Waals surface area contributed by atoms with Gasteiger partial charge in [-0.1, -0.05) is 36.4 Å². The van der Waals surface area contributed by atoms with E-state index in [9.17, 15) is 18.0 Å². The van der Waals surface area contributed by atoms with Gasteiger partial charge in [0.05, 0.1) is 17.4 Å². The fraction of sp³-hybridized carbons (Fsp3) is 0.258. The summed E-state index contributed by atoms with van der Waals surface area (Å²) in [5.74, 6) is -1.01. The minimum absolute atomic E-state index is 0.179. The van der Waals surface area contributed by atoms with Crippen LogP contribution < -0.4 is 10.1 Å². The second-order valence-corrected chi connectivity index (χ2v) is 9.88. The van der Waals surface area contributed by atoms with Crippen LogP contribution in [0, 0.1) is 6.92 Å². The Morgan fingerprint density at radius 3 is 2.52 bits per heavy atom. The summed E-state index contributed by atoms with van der Waals surface area (Å²) in [6.45, 7) is 4.33. The molecule has 1 saturated heterocycles. The Hall–Kier alpha value is -4.24. The standard InChI is InChI=1S/C31H29F3N4O2/c1-21-26(23-6-3-2-4-7-23)10-12-28(40-31(32,33)34)29(21)30(39)37-25-9-11-27(36-18-25)24-8-5-17-38(20-24)19-22-13-15-35-16-14-22/h2-4,6-7,9-16,18,24H,5,8,17,19-20H2,1H3,(H,37,39). The number of halogens is 3. The Balaban J connectivity index is 1.33.